The third kappa shape index (κ3) is 3.05. The first-order valence-corrected chi connectivity index (χ1v) is 4.40. The van der Waals surface area contributed by atoms with Crippen molar-refractivity contribution in [1.29, 1.82) is 0 Å². The van der Waals surface area contributed by atoms with Crippen LogP contribution in [0.2, 0.25) is 0 Å². The second-order valence-corrected chi connectivity index (χ2v) is 3.59. The Kier molecular flexibility index (Phi) is 3.04. The fourth-order valence-corrected chi connectivity index (χ4v) is 1.82. The molecule has 5 heteroatoms. The van der Waals surface area contributed by atoms with Crippen molar-refractivity contribution < 1.29 is 12.9 Å². The van der Waals surface area contributed by atoms with Gasteiger partial charge in [-0.25, -0.2) is 0 Å². The summed E-state index contributed by atoms with van der Waals surface area (Å²) in [6.45, 7) is -4.64. The highest BCUT2D eigenvalue weighted by Gasteiger charge is 2.29. The summed E-state index contributed by atoms with van der Waals surface area (Å²) in [5.74, 6) is 0. The molecule has 1 saturated carbocycles. The van der Waals surface area contributed by atoms with Crippen molar-refractivity contribution in [3.8, 4) is 0 Å². The Hall–Kier alpha value is -0.185. The summed E-state index contributed by atoms with van der Waals surface area (Å²) in [5.41, 5.74) is 0. The van der Waals surface area contributed by atoms with Crippen LogP contribution in [0, 0.1) is 0 Å². The normalized spacial score (nSPS) is 20.8. The molecule has 0 spiro atoms. The monoisotopic (exact) mass is 180 g/mol. The van der Waals surface area contributed by atoms with Crippen molar-refractivity contribution >= 4 is 6.98 Å². The molecule has 0 amide bonds. The molecule has 0 N–H and O–H groups in total. The molecule has 0 radical (unpaired) electrons. The Labute approximate surface area is 71.0 Å². The summed E-state index contributed by atoms with van der Waals surface area (Å²) < 4.78 is 35.9. The van der Waals surface area contributed by atoms with Gasteiger partial charge in [-0.3, -0.25) is 0 Å². The van der Waals surface area contributed by atoms with Crippen LogP contribution in [0.5, 0.6) is 0 Å². The standard InChI is InChI=1S/C7H14BF3N/c1-12(6-8(9,10)11)7-4-2-3-5-7/h7H,2-6H2,1H3/q-1. The summed E-state index contributed by atoms with van der Waals surface area (Å²) in [6.07, 6.45) is 3.33. The van der Waals surface area contributed by atoms with Crippen LogP contribution in [0.25, 0.3) is 0 Å². The van der Waals surface area contributed by atoms with Crippen LogP contribution in [-0.4, -0.2) is 31.4 Å². The maximum atomic E-state index is 12.0. The van der Waals surface area contributed by atoms with E-state index < -0.39 is 13.4 Å². The first-order chi connectivity index (χ1) is 5.49. The minimum Gasteiger partial charge on any atom is -0.448 e. The first-order valence-electron chi connectivity index (χ1n) is 4.40. The Bertz CT molecular complexity index is 142. The molecule has 72 valence electrons. The summed E-state index contributed by atoms with van der Waals surface area (Å²) in [5, 5.41) is 0. The van der Waals surface area contributed by atoms with Gasteiger partial charge < -0.3 is 17.8 Å². The van der Waals surface area contributed by atoms with Gasteiger partial charge in [-0.05, 0) is 26.3 Å². The molecule has 0 atom stereocenters. The van der Waals surface area contributed by atoms with Crippen LogP contribution in [0.1, 0.15) is 25.7 Å². The first kappa shape index (κ1) is 9.90. The maximum absolute atomic E-state index is 12.0. The molecule has 0 aromatic carbocycles. The molecule has 1 nitrogen and oxygen atoms in total. The topological polar surface area (TPSA) is 3.24 Å². The highest BCUT2D eigenvalue weighted by molar-refractivity contribution is 6.58. The van der Waals surface area contributed by atoms with Gasteiger partial charge in [-0.1, -0.05) is 12.8 Å². The van der Waals surface area contributed by atoms with Crippen LogP contribution in [0.4, 0.5) is 12.9 Å². The van der Waals surface area contributed by atoms with Crippen LogP contribution in [0.15, 0.2) is 0 Å². The molecule has 0 aromatic rings. The largest absolute Gasteiger partial charge is 0.492 e. The van der Waals surface area contributed by atoms with E-state index in [1.54, 1.807) is 7.05 Å². The summed E-state index contributed by atoms with van der Waals surface area (Å²) in [7, 11) is 1.57. The number of halogens is 3. The van der Waals surface area contributed by atoms with Crippen molar-refractivity contribution in [1.82, 2.24) is 4.90 Å². The van der Waals surface area contributed by atoms with Crippen LogP contribution in [-0.2, 0) is 0 Å². The average molecular weight is 180 g/mol. The van der Waals surface area contributed by atoms with E-state index in [-0.39, 0.29) is 6.04 Å². The van der Waals surface area contributed by atoms with Gasteiger partial charge in [0.15, 0.2) is 0 Å². The Balaban J connectivity index is 2.31. The quantitative estimate of drug-likeness (QED) is 0.602. The smallest absolute Gasteiger partial charge is 0.448 e. The zero-order valence-electron chi connectivity index (χ0n) is 7.27. The highest BCUT2D eigenvalue weighted by atomic mass is 19.4. The lowest BCUT2D eigenvalue weighted by atomic mass is 9.90. The van der Waals surface area contributed by atoms with E-state index in [0.717, 1.165) is 25.7 Å². The molecule has 0 heterocycles. The second-order valence-electron chi connectivity index (χ2n) is 3.59. The molecule has 0 aromatic heterocycles. The zero-order valence-corrected chi connectivity index (χ0v) is 7.27. The zero-order chi connectivity index (χ0) is 9.19. The molecule has 12 heavy (non-hydrogen) atoms. The van der Waals surface area contributed by atoms with Crippen molar-refractivity contribution in [2.45, 2.75) is 31.7 Å². The minimum atomic E-state index is -4.64. The molecule has 0 aliphatic heterocycles. The molecular formula is C7H14BF3N-. The molecule has 0 bridgehead atoms. The molecule has 1 aliphatic rings. The van der Waals surface area contributed by atoms with Crippen LogP contribution < -0.4 is 0 Å². The second kappa shape index (κ2) is 3.68. The fraction of sp³-hybridized carbons (Fsp3) is 1.00. The maximum Gasteiger partial charge on any atom is 0.492 e. The SMILES string of the molecule is CN(C[B-](F)(F)F)C1CCCC1. The summed E-state index contributed by atoms with van der Waals surface area (Å²) >= 11 is 0. The molecule has 1 aliphatic carbocycles. The van der Waals surface area contributed by atoms with E-state index >= 15 is 0 Å². The van der Waals surface area contributed by atoms with Gasteiger partial charge in [-0.15, -0.1) is 0 Å². The summed E-state index contributed by atoms with van der Waals surface area (Å²) in [4.78, 5) is 1.45. The molecule has 1 rings (SSSR count). The summed E-state index contributed by atoms with van der Waals surface area (Å²) in [6, 6.07) is 0.175. The van der Waals surface area contributed by atoms with Gasteiger partial charge in [0.1, 0.15) is 0 Å². The van der Waals surface area contributed by atoms with E-state index in [1.165, 1.54) is 4.90 Å². The molecule has 0 saturated heterocycles. The van der Waals surface area contributed by atoms with E-state index in [4.69, 9.17) is 0 Å². The Morgan fingerprint density at radius 1 is 1.25 bits per heavy atom. The van der Waals surface area contributed by atoms with E-state index in [2.05, 4.69) is 0 Å². The predicted octanol–water partition coefficient (Wildman–Crippen LogP) is 2.25. The van der Waals surface area contributed by atoms with Crippen LogP contribution in [0.3, 0.4) is 0 Å². The van der Waals surface area contributed by atoms with Crippen molar-refractivity contribution in [2.75, 3.05) is 13.5 Å². The highest BCUT2D eigenvalue weighted by Crippen LogP contribution is 2.23. The predicted molar refractivity (Wildman–Crippen MR) is 44.0 cm³/mol. The van der Waals surface area contributed by atoms with E-state index in [1.807, 2.05) is 0 Å². The van der Waals surface area contributed by atoms with Gasteiger partial charge in [0.2, 0.25) is 0 Å². The lowest BCUT2D eigenvalue weighted by molar-refractivity contribution is 0.252. The van der Waals surface area contributed by atoms with Gasteiger partial charge in [0.25, 0.3) is 0 Å². The molecule has 0 unspecified atom stereocenters. The average Bonchev–Trinajstić information content (AvgIpc) is 2.32. The minimum absolute atomic E-state index is 0.175. The number of hydrogen-bond donors (Lipinski definition) is 0. The van der Waals surface area contributed by atoms with Gasteiger partial charge in [0.05, 0.1) is 0 Å². The van der Waals surface area contributed by atoms with Crippen molar-refractivity contribution in [3.05, 3.63) is 0 Å². The lowest BCUT2D eigenvalue weighted by Crippen LogP contribution is -2.40. The van der Waals surface area contributed by atoms with Crippen molar-refractivity contribution in [2.24, 2.45) is 0 Å². The lowest BCUT2D eigenvalue weighted by Gasteiger charge is -2.29. The Morgan fingerprint density at radius 3 is 2.17 bits per heavy atom. The third-order valence-electron chi connectivity index (χ3n) is 2.44. The molecule has 1 fully saturated rings. The van der Waals surface area contributed by atoms with Crippen LogP contribution >= 0.6 is 0 Å². The van der Waals surface area contributed by atoms with E-state index in [9.17, 15) is 12.9 Å². The van der Waals surface area contributed by atoms with Gasteiger partial charge in [-0.2, -0.15) is 0 Å². The van der Waals surface area contributed by atoms with Crippen molar-refractivity contribution in [3.63, 3.8) is 0 Å². The Morgan fingerprint density at radius 2 is 1.75 bits per heavy atom. The van der Waals surface area contributed by atoms with Gasteiger partial charge in [0, 0.05) is 6.04 Å². The number of nitrogens with zero attached hydrogens (tertiary/aromatic N) is 1. The van der Waals surface area contributed by atoms with Gasteiger partial charge >= 0.3 is 6.98 Å². The van der Waals surface area contributed by atoms with E-state index in [0.29, 0.717) is 0 Å². The number of rotatable bonds is 3. The molecular weight excluding hydrogens is 166 g/mol. The third-order valence-corrected chi connectivity index (χ3v) is 2.44. The number of hydrogen-bond acceptors (Lipinski definition) is 1. The fourth-order valence-electron chi connectivity index (χ4n) is 1.82.